The predicted molar refractivity (Wildman–Crippen MR) is 74.1 cm³/mol. The molecule has 0 bridgehead atoms. The molecule has 1 aromatic heterocycles. The molecular weight excluding hydrogens is 230 g/mol. The molecule has 4 heteroatoms. The zero-order valence-electron chi connectivity index (χ0n) is 10.5. The van der Waals surface area contributed by atoms with Crippen molar-refractivity contribution in [2.24, 2.45) is 5.73 Å². The van der Waals surface area contributed by atoms with Gasteiger partial charge in [0.05, 0.1) is 11.7 Å². The van der Waals surface area contributed by atoms with Gasteiger partial charge in [0.25, 0.3) is 0 Å². The number of pyridine rings is 1. The maximum absolute atomic E-state index is 6.16. The van der Waals surface area contributed by atoms with Crippen molar-refractivity contribution in [3.63, 3.8) is 0 Å². The number of thioether (sulfide) groups is 1. The summed E-state index contributed by atoms with van der Waals surface area (Å²) in [4.78, 5) is 6.95. The Hall–Kier alpha value is -0.580. The lowest BCUT2D eigenvalue weighted by Crippen LogP contribution is -2.45. The van der Waals surface area contributed by atoms with Gasteiger partial charge in [0, 0.05) is 36.3 Å². The van der Waals surface area contributed by atoms with E-state index in [1.165, 1.54) is 5.75 Å². The molecule has 1 saturated heterocycles. The molecule has 1 aliphatic rings. The first-order valence-electron chi connectivity index (χ1n) is 6.20. The van der Waals surface area contributed by atoms with Crippen LogP contribution in [0.4, 0.5) is 0 Å². The van der Waals surface area contributed by atoms with E-state index in [0.29, 0.717) is 5.25 Å². The van der Waals surface area contributed by atoms with Crippen LogP contribution in [0.2, 0.25) is 0 Å². The van der Waals surface area contributed by atoms with Crippen LogP contribution in [-0.4, -0.2) is 40.0 Å². The standard InChI is InChI=1S/C13H21N3S/c1-10-9-16(7-8-17-10)13(11(2)14)12-5-3-4-6-15-12/h3-6,10-11,13H,7-9,14H2,1-2H3. The highest BCUT2D eigenvalue weighted by atomic mass is 32.2. The van der Waals surface area contributed by atoms with Crippen molar-refractivity contribution in [2.45, 2.75) is 31.2 Å². The molecule has 3 nitrogen and oxygen atoms in total. The van der Waals surface area contributed by atoms with Crippen LogP contribution < -0.4 is 5.73 Å². The fourth-order valence-corrected chi connectivity index (χ4v) is 3.48. The molecule has 1 aliphatic heterocycles. The van der Waals surface area contributed by atoms with Gasteiger partial charge in [-0.2, -0.15) is 11.8 Å². The van der Waals surface area contributed by atoms with Gasteiger partial charge in [-0.3, -0.25) is 9.88 Å². The van der Waals surface area contributed by atoms with Gasteiger partial charge in [-0.25, -0.2) is 0 Å². The zero-order valence-corrected chi connectivity index (χ0v) is 11.4. The van der Waals surface area contributed by atoms with E-state index in [1.807, 2.05) is 30.1 Å². The molecule has 0 aromatic carbocycles. The highest BCUT2D eigenvalue weighted by Crippen LogP contribution is 2.27. The number of nitrogens with zero attached hydrogens (tertiary/aromatic N) is 2. The smallest absolute Gasteiger partial charge is 0.0671 e. The maximum Gasteiger partial charge on any atom is 0.0671 e. The molecule has 0 aliphatic carbocycles. The van der Waals surface area contributed by atoms with Gasteiger partial charge in [0.1, 0.15) is 0 Å². The minimum atomic E-state index is 0.111. The predicted octanol–water partition coefficient (Wildman–Crippen LogP) is 1.91. The van der Waals surface area contributed by atoms with Gasteiger partial charge in [0.2, 0.25) is 0 Å². The number of nitrogens with two attached hydrogens (primary N) is 1. The molecule has 0 radical (unpaired) electrons. The monoisotopic (exact) mass is 251 g/mol. The van der Waals surface area contributed by atoms with Crippen LogP contribution in [0.25, 0.3) is 0 Å². The number of aromatic nitrogens is 1. The molecular formula is C13H21N3S. The van der Waals surface area contributed by atoms with Gasteiger partial charge in [-0.05, 0) is 19.1 Å². The largest absolute Gasteiger partial charge is 0.326 e. The van der Waals surface area contributed by atoms with Crippen LogP contribution in [0.3, 0.4) is 0 Å². The molecule has 0 amide bonds. The van der Waals surface area contributed by atoms with E-state index < -0.39 is 0 Å². The first-order valence-corrected chi connectivity index (χ1v) is 7.25. The van der Waals surface area contributed by atoms with E-state index >= 15 is 0 Å². The third-order valence-corrected chi connectivity index (χ3v) is 4.29. The Morgan fingerprint density at radius 2 is 2.35 bits per heavy atom. The second-order valence-electron chi connectivity index (χ2n) is 4.73. The first-order chi connectivity index (χ1) is 8.18. The lowest BCUT2D eigenvalue weighted by Gasteiger charge is -2.38. The number of hydrogen-bond acceptors (Lipinski definition) is 4. The van der Waals surface area contributed by atoms with Crippen molar-refractivity contribution in [3.05, 3.63) is 30.1 Å². The van der Waals surface area contributed by atoms with E-state index in [-0.39, 0.29) is 12.1 Å². The quantitative estimate of drug-likeness (QED) is 0.891. The fraction of sp³-hybridized carbons (Fsp3) is 0.615. The summed E-state index contributed by atoms with van der Waals surface area (Å²) in [6, 6.07) is 6.44. The third kappa shape index (κ3) is 3.21. The van der Waals surface area contributed by atoms with E-state index in [2.05, 4.69) is 29.8 Å². The molecule has 0 saturated carbocycles. The zero-order chi connectivity index (χ0) is 12.3. The molecule has 2 heterocycles. The Bertz CT molecular complexity index is 342. The summed E-state index contributed by atoms with van der Waals surface area (Å²) in [6.45, 7) is 6.57. The summed E-state index contributed by atoms with van der Waals surface area (Å²) < 4.78 is 0. The molecule has 2 N–H and O–H groups in total. The molecule has 3 unspecified atom stereocenters. The Balaban J connectivity index is 2.17. The second kappa shape index (κ2) is 5.85. The summed E-state index contributed by atoms with van der Waals surface area (Å²) in [5, 5.41) is 0.689. The second-order valence-corrected chi connectivity index (χ2v) is 6.28. The third-order valence-electron chi connectivity index (χ3n) is 3.15. The van der Waals surface area contributed by atoms with Gasteiger partial charge in [0.15, 0.2) is 0 Å². The Morgan fingerprint density at radius 1 is 1.53 bits per heavy atom. The average Bonchev–Trinajstić information content (AvgIpc) is 2.30. The Kier molecular flexibility index (Phi) is 4.42. The fourth-order valence-electron chi connectivity index (χ4n) is 2.44. The maximum atomic E-state index is 6.16. The highest BCUT2D eigenvalue weighted by Gasteiger charge is 2.28. The van der Waals surface area contributed by atoms with Crippen LogP contribution in [0.15, 0.2) is 24.4 Å². The molecule has 1 aromatic rings. The molecule has 3 atom stereocenters. The lowest BCUT2D eigenvalue weighted by molar-refractivity contribution is 0.181. The first kappa shape index (κ1) is 12.9. The van der Waals surface area contributed by atoms with Crippen molar-refractivity contribution < 1.29 is 0 Å². The van der Waals surface area contributed by atoms with Gasteiger partial charge < -0.3 is 5.73 Å². The summed E-state index contributed by atoms with van der Waals surface area (Å²) >= 11 is 2.04. The van der Waals surface area contributed by atoms with Gasteiger partial charge >= 0.3 is 0 Å². The van der Waals surface area contributed by atoms with Crippen LogP contribution in [0.1, 0.15) is 25.6 Å². The summed E-state index contributed by atoms with van der Waals surface area (Å²) in [5.74, 6) is 1.19. The molecule has 2 rings (SSSR count). The van der Waals surface area contributed by atoms with Crippen LogP contribution in [0.5, 0.6) is 0 Å². The van der Waals surface area contributed by atoms with Crippen LogP contribution >= 0.6 is 11.8 Å². The normalized spacial score (nSPS) is 25.5. The summed E-state index contributed by atoms with van der Waals surface area (Å²) in [7, 11) is 0. The average molecular weight is 251 g/mol. The molecule has 17 heavy (non-hydrogen) atoms. The number of rotatable bonds is 3. The van der Waals surface area contributed by atoms with E-state index in [1.54, 1.807) is 0 Å². The van der Waals surface area contributed by atoms with Crippen molar-refractivity contribution in [1.82, 2.24) is 9.88 Å². The van der Waals surface area contributed by atoms with Crippen molar-refractivity contribution in [2.75, 3.05) is 18.8 Å². The van der Waals surface area contributed by atoms with E-state index in [9.17, 15) is 0 Å². The lowest BCUT2D eigenvalue weighted by atomic mass is 10.0. The van der Waals surface area contributed by atoms with Crippen molar-refractivity contribution in [1.29, 1.82) is 0 Å². The highest BCUT2D eigenvalue weighted by molar-refractivity contribution is 7.99. The Labute approximate surface area is 108 Å². The van der Waals surface area contributed by atoms with Gasteiger partial charge in [-0.15, -0.1) is 0 Å². The summed E-state index contributed by atoms with van der Waals surface area (Å²) in [5.41, 5.74) is 7.26. The SMILES string of the molecule is CC1CN(C(c2ccccn2)C(C)N)CCS1. The van der Waals surface area contributed by atoms with E-state index in [4.69, 9.17) is 5.73 Å². The summed E-state index contributed by atoms with van der Waals surface area (Å²) in [6.07, 6.45) is 1.85. The topological polar surface area (TPSA) is 42.2 Å². The number of hydrogen-bond donors (Lipinski definition) is 1. The molecule has 94 valence electrons. The molecule has 1 fully saturated rings. The van der Waals surface area contributed by atoms with Crippen molar-refractivity contribution >= 4 is 11.8 Å². The van der Waals surface area contributed by atoms with Crippen molar-refractivity contribution in [3.8, 4) is 0 Å². The van der Waals surface area contributed by atoms with Crippen LogP contribution in [0, 0.1) is 0 Å². The minimum absolute atomic E-state index is 0.111. The molecule has 0 spiro atoms. The van der Waals surface area contributed by atoms with Crippen LogP contribution in [-0.2, 0) is 0 Å². The minimum Gasteiger partial charge on any atom is -0.326 e. The Morgan fingerprint density at radius 3 is 2.94 bits per heavy atom. The van der Waals surface area contributed by atoms with Gasteiger partial charge in [-0.1, -0.05) is 13.0 Å². The van der Waals surface area contributed by atoms with E-state index in [0.717, 1.165) is 18.8 Å².